The van der Waals surface area contributed by atoms with E-state index in [0.717, 1.165) is 30.3 Å². The van der Waals surface area contributed by atoms with Crippen molar-refractivity contribution < 1.29 is 41.7 Å². The summed E-state index contributed by atoms with van der Waals surface area (Å²) in [5.41, 5.74) is -2.14. The summed E-state index contributed by atoms with van der Waals surface area (Å²) in [6, 6.07) is 4.04. The van der Waals surface area contributed by atoms with Gasteiger partial charge >= 0.3 is 26.0 Å². The number of esters is 1. The van der Waals surface area contributed by atoms with Gasteiger partial charge in [-0.05, 0) is 38.1 Å². The normalized spacial score (nSPS) is 12.8. The van der Waals surface area contributed by atoms with E-state index in [9.17, 15) is 32.6 Å². The van der Waals surface area contributed by atoms with Crippen LogP contribution in [0.3, 0.4) is 0 Å². The van der Waals surface area contributed by atoms with Crippen LogP contribution >= 0.6 is 19.4 Å². The minimum atomic E-state index is -4.61. The molecule has 0 amide bonds. The molecular weight excluding hydrogens is 478 g/mol. The fourth-order valence-corrected chi connectivity index (χ4v) is 3.46. The molecule has 0 spiro atoms. The summed E-state index contributed by atoms with van der Waals surface area (Å²) in [6.45, 7) is 3.25. The second kappa shape index (κ2) is 10.7. The van der Waals surface area contributed by atoms with Gasteiger partial charge < -0.3 is 14.2 Å². The quantitative estimate of drug-likeness (QED) is 0.131. The highest BCUT2D eigenvalue weighted by Gasteiger charge is 2.35. The molecule has 13 heteroatoms. The smallest absolute Gasteiger partial charge is 0.416 e. The average Bonchev–Trinajstić information content (AvgIpc) is 2.73. The number of hydrogen-bond acceptors (Lipinski definition) is 7. The van der Waals surface area contributed by atoms with Crippen LogP contribution in [0.5, 0.6) is 11.5 Å². The molecule has 0 aromatic heterocycles. The van der Waals surface area contributed by atoms with E-state index >= 15 is 0 Å². The number of ether oxygens (including phenoxy) is 3. The lowest BCUT2D eigenvalue weighted by molar-refractivity contribution is -0.385. The zero-order chi connectivity index (χ0) is 24.1. The third-order valence-corrected chi connectivity index (χ3v) is 5.58. The average molecular weight is 495 g/mol. The highest BCUT2D eigenvalue weighted by molar-refractivity contribution is 7.45. The molecule has 2 atom stereocenters. The maximum Gasteiger partial charge on any atom is 0.416 e. The number of carbonyl (C=O) groups is 1. The fraction of sp³-hybridized carbons (Fsp3) is 0.316. The molecule has 0 saturated carbocycles. The summed E-state index contributed by atoms with van der Waals surface area (Å²) >= 11 is 5.85. The third-order valence-electron chi connectivity index (χ3n) is 3.94. The van der Waals surface area contributed by atoms with Crippen LogP contribution in [0, 0.1) is 10.1 Å². The van der Waals surface area contributed by atoms with Crippen LogP contribution in [0.1, 0.15) is 29.8 Å². The predicted octanol–water partition coefficient (Wildman–Crippen LogP) is 6.38. The number of nitro benzene ring substituents is 1. The van der Waals surface area contributed by atoms with Gasteiger partial charge in [0, 0.05) is 12.1 Å². The van der Waals surface area contributed by atoms with E-state index in [1.54, 1.807) is 13.8 Å². The van der Waals surface area contributed by atoms with Gasteiger partial charge in [0.05, 0.1) is 22.1 Å². The Morgan fingerprint density at radius 1 is 1.22 bits per heavy atom. The molecule has 8 nitrogen and oxygen atoms in total. The first-order valence-electron chi connectivity index (χ1n) is 9.07. The number of carbonyl (C=O) groups excluding carboxylic acids is 1. The summed E-state index contributed by atoms with van der Waals surface area (Å²) in [4.78, 5) is 23.1. The van der Waals surface area contributed by atoms with Crippen molar-refractivity contribution >= 4 is 31.1 Å². The molecule has 0 saturated heterocycles. The molecule has 0 radical (unpaired) electrons. The van der Waals surface area contributed by atoms with Crippen LogP contribution in [0.25, 0.3) is 0 Å². The summed E-state index contributed by atoms with van der Waals surface area (Å²) in [6.07, 6.45) is -4.46. The lowest BCUT2D eigenvalue weighted by Gasteiger charge is -2.12. The first-order chi connectivity index (χ1) is 15.0. The fourth-order valence-electron chi connectivity index (χ4n) is 2.41. The Morgan fingerprint density at radius 3 is 2.44 bits per heavy atom. The second-order valence-corrected chi connectivity index (χ2v) is 8.38. The topological polar surface area (TPSA) is 105 Å². The Bertz CT molecular complexity index is 1030. The van der Waals surface area contributed by atoms with Crippen LogP contribution in [-0.4, -0.2) is 29.7 Å². The van der Waals surface area contributed by atoms with Crippen molar-refractivity contribution in [2.45, 2.75) is 26.1 Å². The number of nitrogens with zero attached hydrogens (tertiary/aromatic N) is 1. The van der Waals surface area contributed by atoms with E-state index < -0.39 is 47.7 Å². The van der Waals surface area contributed by atoms with Crippen LogP contribution in [0.2, 0.25) is 5.02 Å². The molecule has 0 aliphatic carbocycles. The van der Waals surface area contributed by atoms with Gasteiger partial charge in [-0.15, -0.1) is 0 Å². The van der Waals surface area contributed by atoms with Crippen molar-refractivity contribution in [2.24, 2.45) is 0 Å². The highest BCUT2D eigenvalue weighted by Crippen LogP contribution is 2.37. The largest absolute Gasteiger partial charge is 0.456 e. The maximum atomic E-state index is 12.8. The Hall–Kier alpha value is -2.75. The number of alkyl halides is 3. The van der Waals surface area contributed by atoms with Gasteiger partial charge in [0.1, 0.15) is 23.2 Å². The van der Waals surface area contributed by atoms with Gasteiger partial charge in [0.25, 0.3) is 5.69 Å². The number of rotatable bonds is 9. The van der Waals surface area contributed by atoms with E-state index in [1.807, 2.05) is 0 Å². The molecule has 0 heterocycles. The molecule has 0 aliphatic heterocycles. The number of halogens is 4. The van der Waals surface area contributed by atoms with Gasteiger partial charge in [0.15, 0.2) is 0 Å². The molecule has 2 unspecified atom stereocenters. The predicted molar refractivity (Wildman–Crippen MR) is 109 cm³/mol. The van der Waals surface area contributed by atoms with Crippen molar-refractivity contribution in [3.8, 4) is 11.5 Å². The van der Waals surface area contributed by atoms with Gasteiger partial charge in [-0.25, -0.2) is 4.79 Å². The van der Waals surface area contributed by atoms with Crippen molar-refractivity contribution in [3.05, 3.63) is 62.7 Å². The van der Waals surface area contributed by atoms with Gasteiger partial charge in [0.2, 0.25) is 0 Å². The van der Waals surface area contributed by atoms with E-state index in [4.69, 9.17) is 25.8 Å². The zero-order valence-corrected chi connectivity index (χ0v) is 18.4. The molecule has 2 rings (SSSR count). The van der Waals surface area contributed by atoms with Gasteiger partial charge in [-0.3, -0.25) is 10.1 Å². The molecule has 2 aromatic carbocycles. The Morgan fingerprint density at radius 2 is 1.91 bits per heavy atom. The van der Waals surface area contributed by atoms with Crippen molar-refractivity contribution in [2.75, 3.05) is 12.8 Å². The number of benzene rings is 2. The first-order valence-corrected chi connectivity index (χ1v) is 11.0. The molecular formula is C19H17ClF3NO7P+. The minimum absolute atomic E-state index is 0.0800. The molecule has 32 heavy (non-hydrogen) atoms. The molecule has 0 aliphatic rings. The van der Waals surface area contributed by atoms with Crippen molar-refractivity contribution in [1.82, 2.24) is 0 Å². The second-order valence-electron chi connectivity index (χ2n) is 6.08. The lowest BCUT2D eigenvalue weighted by atomic mass is 10.1. The van der Waals surface area contributed by atoms with E-state index in [-0.39, 0.29) is 29.3 Å². The van der Waals surface area contributed by atoms with E-state index in [1.165, 1.54) is 0 Å². The molecule has 2 aromatic rings. The minimum Gasteiger partial charge on any atom is -0.456 e. The Labute approximate surface area is 186 Å². The third kappa shape index (κ3) is 6.38. The standard InChI is InChI=1S/C19H17ClF3NO7P/c1-3-29-18(32(28)4-2)31-17(25)13-10-12(6-7-15(13)24(26)27)30-16-8-5-11(9-14(16)20)19(21,22)23/h5-10,18H,3-4H2,1-2H3/q+1. The molecule has 0 fully saturated rings. The van der Waals surface area contributed by atoms with Crippen LogP contribution in [-0.2, 0) is 20.2 Å². The molecule has 172 valence electrons. The van der Waals surface area contributed by atoms with E-state index in [0.29, 0.717) is 6.07 Å². The van der Waals surface area contributed by atoms with Crippen LogP contribution in [0.4, 0.5) is 18.9 Å². The summed E-state index contributed by atoms with van der Waals surface area (Å²) in [5, 5.41) is 11.0. The SMILES string of the molecule is CCOC(OC(=O)c1cc(Oc2ccc(C(F)(F)F)cc2Cl)ccc1[N+](=O)[O-])[P+](=O)CC. The van der Waals surface area contributed by atoms with Crippen LogP contribution in [0.15, 0.2) is 36.4 Å². The van der Waals surface area contributed by atoms with Crippen molar-refractivity contribution in [3.63, 3.8) is 0 Å². The summed E-state index contributed by atoms with van der Waals surface area (Å²) in [7, 11) is -2.09. The Kier molecular flexibility index (Phi) is 8.54. The van der Waals surface area contributed by atoms with Crippen molar-refractivity contribution in [1.29, 1.82) is 0 Å². The molecule has 0 N–H and O–H groups in total. The number of hydrogen-bond donors (Lipinski definition) is 0. The first kappa shape index (κ1) is 25.5. The van der Waals surface area contributed by atoms with Gasteiger partial charge in [-0.2, -0.15) is 13.2 Å². The monoisotopic (exact) mass is 494 g/mol. The number of nitro groups is 1. The summed E-state index contributed by atoms with van der Waals surface area (Å²) < 4.78 is 66.0. The maximum absolute atomic E-state index is 12.8. The lowest BCUT2D eigenvalue weighted by Crippen LogP contribution is -2.19. The van der Waals surface area contributed by atoms with Crippen LogP contribution < -0.4 is 4.74 Å². The summed E-state index contributed by atoms with van der Waals surface area (Å²) in [5.74, 6) is -1.48. The highest BCUT2D eigenvalue weighted by atomic mass is 35.5. The zero-order valence-electron chi connectivity index (χ0n) is 16.7. The molecule has 0 bridgehead atoms. The van der Waals surface area contributed by atoms with E-state index in [2.05, 4.69) is 0 Å². The van der Waals surface area contributed by atoms with Gasteiger partial charge in [-0.1, -0.05) is 16.2 Å². The Balaban J connectivity index is 2.36.